The Kier molecular flexibility index (Phi) is 4.57. The van der Waals surface area contributed by atoms with E-state index in [2.05, 4.69) is 15.5 Å². The Morgan fingerprint density at radius 1 is 0.889 bits per heavy atom. The molecule has 0 aliphatic rings. The first-order chi connectivity index (χ1) is 13.1. The van der Waals surface area contributed by atoms with E-state index in [1.54, 1.807) is 24.3 Å². The second-order valence-corrected chi connectivity index (χ2v) is 6.70. The first kappa shape index (κ1) is 17.2. The Morgan fingerprint density at radius 2 is 1.59 bits per heavy atom. The molecule has 4 rings (SSSR count). The van der Waals surface area contributed by atoms with Gasteiger partial charge in [0.15, 0.2) is 0 Å². The number of benzene rings is 3. The molecule has 4 nitrogen and oxygen atoms in total. The highest BCUT2D eigenvalue weighted by atomic mass is 35.5. The van der Waals surface area contributed by atoms with Crippen LogP contribution in [0.2, 0.25) is 5.02 Å². The predicted octanol–water partition coefficient (Wildman–Crippen LogP) is 5.51. The van der Waals surface area contributed by atoms with E-state index in [-0.39, 0.29) is 5.91 Å². The Morgan fingerprint density at radius 3 is 2.33 bits per heavy atom. The predicted molar refractivity (Wildman–Crippen MR) is 109 cm³/mol. The van der Waals surface area contributed by atoms with Crippen molar-refractivity contribution in [1.29, 1.82) is 0 Å². The number of carbonyl (C=O) groups is 1. The highest BCUT2D eigenvalue weighted by Gasteiger charge is 2.19. The first-order valence-corrected chi connectivity index (χ1v) is 8.89. The second-order valence-electron chi connectivity index (χ2n) is 6.27. The fraction of sp³-hybridized carbons (Fsp3) is 0.0455. The first-order valence-electron chi connectivity index (χ1n) is 8.51. The summed E-state index contributed by atoms with van der Waals surface area (Å²) in [5, 5.41) is 13.0. The number of fused-ring (bicyclic) bond motifs is 1. The third-order valence-electron chi connectivity index (χ3n) is 4.32. The third kappa shape index (κ3) is 3.52. The van der Waals surface area contributed by atoms with Crippen LogP contribution in [0.3, 0.4) is 0 Å². The second kappa shape index (κ2) is 7.17. The maximum absolute atomic E-state index is 13.2. The van der Waals surface area contributed by atoms with Crippen LogP contribution in [0.5, 0.6) is 0 Å². The molecule has 0 aliphatic heterocycles. The Hall–Kier alpha value is -3.24. The van der Waals surface area contributed by atoms with Crippen LogP contribution in [0.25, 0.3) is 22.2 Å². The quantitative estimate of drug-likeness (QED) is 0.515. The van der Waals surface area contributed by atoms with E-state index >= 15 is 0 Å². The molecule has 4 aromatic rings. The fourth-order valence-corrected chi connectivity index (χ4v) is 3.05. The largest absolute Gasteiger partial charge is 0.322 e. The summed E-state index contributed by atoms with van der Waals surface area (Å²) in [4.78, 5) is 13.2. The number of carbonyl (C=O) groups excluding carboxylic acids is 1. The number of hydrogen-bond acceptors (Lipinski definition) is 3. The van der Waals surface area contributed by atoms with Crippen LogP contribution < -0.4 is 5.32 Å². The van der Waals surface area contributed by atoms with Crippen molar-refractivity contribution in [3.8, 4) is 11.3 Å². The van der Waals surface area contributed by atoms with Crippen molar-refractivity contribution in [3.05, 3.63) is 88.9 Å². The molecule has 1 N–H and O–H groups in total. The molecule has 5 heteroatoms. The molecule has 0 aliphatic carbocycles. The van der Waals surface area contributed by atoms with Gasteiger partial charge in [-0.25, -0.2) is 0 Å². The van der Waals surface area contributed by atoms with Crippen molar-refractivity contribution >= 4 is 34.1 Å². The molecule has 0 fully saturated rings. The normalized spacial score (nSPS) is 10.7. The molecular formula is C22H16ClN3O. The van der Waals surface area contributed by atoms with Crippen LogP contribution in [0, 0.1) is 6.92 Å². The van der Waals surface area contributed by atoms with Gasteiger partial charge in [-0.15, -0.1) is 10.2 Å². The minimum absolute atomic E-state index is 0.237. The highest BCUT2D eigenvalue weighted by Crippen LogP contribution is 2.28. The minimum atomic E-state index is -0.237. The number of aromatic nitrogens is 2. The number of hydrogen-bond donors (Lipinski definition) is 1. The zero-order chi connectivity index (χ0) is 18.8. The lowest BCUT2D eigenvalue weighted by Gasteiger charge is -2.12. The van der Waals surface area contributed by atoms with E-state index in [0.29, 0.717) is 27.5 Å². The lowest BCUT2D eigenvalue weighted by Crippen LogP contribution is -2.15. The number of amides is 1. The van der Waals surface area contributed by atoms with Gasteiger partial charge in [0.05, 0.1) is 11.1 Å². The van der Waals surface area contributed by atoms with Crippen molar-refractivity contribution in [2.45, 2.75) is 6.92 Å². The Labute approximate surface area is 161 Å². The van der Waals surface area contributed by atoms with Gasteiger partial charge in [0.2, 0.25) is 0 Å². The van der Waals surface area contributed by atoms with Crippen LogP contribution in [-0.4, -0.2) is 16.1 Å². The monoisotopic (exact) mass is 373 g/mol. The molecule has 0 radical (unpaired) electrons. The minimum Gasteiger partial charge on any atom is -0.322 e. The lowest BCUT2D eigenvalue weighted by atomic mass is 10.0. The average Bonchev–Trinajstić information content (AvgIpc) is 2.69. The van der Waals surface area contributed by atoms with Crippen molar-refractivity contribution < 1.29 is 4.79 Å². The molecule has 0 unspecified atom stereocenters. The SMILES string of the molecule is Cc1ccc(-c2nnc3ccccc3c2C(=O)Nc2ccc(Cl)cc2)cc1. The Balaban J connectivity index is 1.85. The molecule has 1 heterocycles. The molecule has 1 amide bonds. The zero-order valence-electron chi connectivity index (χ0n) is 14.6. The van der Waals surface area contributed by atoms with Gasteiger partial charge in [-0.3, -0.25) is 4.79 Å². The average molecular weight is 374 g/mol. The molecule has 0 atom stereocenters. The number of halogens is 1. The zero-order valence-corrected chi connectivity index (χ0v) is 15.4. The maximum atomic E-state index is 13.2. The summed E-state index contributed by atoms with van der Waals surface area (Å²) in [7, 11) is 0. The smallest absolute Gasteiger partial charge is 0.258 e. The van der Waals surface area contributed by atoms with Gasteiger partial charge >= 0.3 is 0 Å². The van der Waals surface area contributed by atoms with E-state index in [4.69, 9.17) is 11.6 Å². The maximum Gasteiger partial charge on any atom is 0.258 e. The van der Waals surface area contributed by atoms with Crippen molar-refractivity contribution in [2.75, 3.05) is 5.32 Å². The number of aryl methyl sites for hydroxylation is 1. The van der Waals surface area contributed by atoms with Gasteiger partial charge < -0.3 is 5.32 Å². The van der Waals surface area contributed by atoms with E-state index in [0.717, 1.165) is 16.5 Å². The van der Waals surface area contributed by atoms with Crippen LogP contribution in [-0.2, 0) is 0 Å². The molecule has 3 aromatic carbocycles. The molecule has 132 valence electrons. The van der Waals surface area contributed by atoms with Gasteiger partial charge in [-0.2, -0.15) is 0 Å². The van der Waals surface area contributed by atoms with Gasteiger partial charge in [-0.05, 0) is 37.3 Å². The number of nitrogens with zero attached hydrogens (tertiary/aromatic N) is 2. The summed E-state index contributed by atoms with van der Waals surface area (Å²) < 4.78 is 0. The summed E-state index contributed by atoms with van der Waals surface area (Å²) in [6, 6.07) is 22.4. The Bertz CT molecular complexity index is 1120. The highest BCUT2D eigenvalue weighted by molar-refractivity contribution is 6.30. The summed E-state index contributed by atoms with van der Waals surface area (Å²) in [6.07, 6.45) is 0. The molecule has 0 saturated carbocycles. The molecular weight excluding hydrogens is 358 g/mol. The number of nitrogens with one attached hydrogen (secondary N) is 1. The molecule has 27 heavy (non-hydrogen) atoms. The standard InChI is InChI=1S/C22H16ClN3O/c1-14-6-8-15(9-7-14)21-20(18-4-2-3-5-19(18)25-26-21)22(27)24-17-12-10-16(23)11-13-17/h2-13H,1H3,(H,24,27). The van der Waals surface area contributed by atoms with E-state index in [1.165, 1.54) is 0 Å². The third-order valence-corrected chi connectivity index (χ3v) is 4.57. The van der Waals surface area contributed by atoms with Crippen molar-refractivity contribution in [3.63, 3.8) is 0 Å². The summed E-state index contributed by atoms with van der Waals surface area (Å²) in [6.45, 7) is 2.02. The molecule has 0 bridgehead atoms. The van der Waals surface area contributed by atoms with Gasteiger partial charge in [-0.1, -0.05) is 59.6 Å². The van der Waals surface area contributed by atoms with E-state index in [9.17, 15) is 4.79 Å². The summed E-state index contributed by atoms with van der Waals surface area (Å²) >= 11 is 5.93. The molecule has 0 spiro atoms. The van der Waals surface area contributed by atoms with Crippen LogP contribution in [0.15, 0.2) is 72.8 Å². The van der Waals surface area contributed by atoms with Gasteiger partial charge in [0.1, 0.15) is 5.69 Å². The van der Waals surface area contributed by atoms with Crippen LogP contribution in [0.1, 0.15) is 15.9 Å². The van der Waals surface area contributed by atoms with Crippen LogP contribution in [0.4, 0.5) is 5.69 Å². The summed E-state index contributed by atoms with van der Waals surface area (Å²) in [5.74, 6) is -0.237. The van der Waals surface area contributed by atoms with E-state index < -0.39 is 0 Å². The number of rotatable bonds is 3. The number of anilines is 1. The summed E-state index contributed by atoms with van der Waals surface area (Å²) in [5.41, 5.74) is 4.38. The molecule has 0 saturated heterocycles. The lowest BCUT2D eigenvalue weighted by molar-refractivity contribution is 0.102. The van der Waals surface area contributed by atoms with Crippen molar-refractivity contribution in [1.82, 2.24) is 10.2 Å². The van der Waals surface area contributed by atoms with Crippen LogP contribution >= 0.6 is 11.6 Å². The fourth-order valence-electron chi connectivity index (χ4n) is 2.92. The van der Waals surface area contributed by atoms with Gasteiger partial charge in [0.25, 0.3) is 5.91 Å². The molecule has 1 aromatic heterocycles. The van der Waals surface area contributed by atoms with Gasteiger partial charge in [0, 0.05) is 21.7 Å². The topological polar surface area (TPSA) is 54.9 Å². The van der Waals surface area contributed by atoms with E-state index in [1.807, 2.05) is 55.5 Å². The van der Waals surface area contributed by atoms with Crippen molar-refractivity contribution in [2.24, 2.45) is 0 Å².